The second-order valence-corrected chi connectivity index (χ2v) is 7.87. The third-order valence-corrected chi connectivity index (χ3v) is 6.72. The topological polar surface area (TPSA) is 75.4 Å². The fraction of sp³-hybridized carbons (Fsp3) is 0.769. The second-order valence-electron chi connectivity index (χ2n) is 5.99. The zero-order valence-corrected chi connectivity index (χ0v) is 14.0. The van der Waals surface area contributed by atoms with Gasteiger partial charge in [-0.05, 0) is 51.6 Å². The van der Waals surface area contributed by atoms with Crippen molar-refractivity contribution in [1.82, 2.24) is 14.8 Å². The average molecular weight is 336 g/mol. The number of rotatable bonds is 2. The van der Waals surface area contributed by atoms with Crippen molar-refractivity contribution in [3.8, 4) is 0 Å². The molecule has 0 aromatic carbocycles. The molecule has 6 nitrogen and oxygen atoms in total. The van der Waals surface area contributed by atoms with Gasteiger partial charge in [-0.3, -0.25) is 0 Å². The monoisotopic (exact) mass is 335 g/mol. The van der Waals surface area contributed by atoms with E-state index in [4.69, 9.17) is 4.52 Å². The molecule has 1 N–H and O–H groups in total. The largest absolute Gasteiger partial charge is 0.360 e. The van der Waals surface area contributed by atoms with Crippen LogP contribution in [0.15, 0.2) is 9.42 Å². The molecule has 3 heterocycles. The van der Waals surface area contributed by atoms with Crippen molar-refractivity contribution < 1.29 is 12.9 Å². The highest BCUT2D eigenvalue weighted by Gasteiger charge is 2.44. The van der Waals surface area contributed by atoms with E-state index in [2.05, 4.69) is 10.5 Å². The van der Waals surface area contributed by atoms with Gasteiger partial charge in [0.15, 0.2) is 5.76 Å². The summed E-state index contributed by atoms with van der Waals surface area (Å²) in [6, 6.07) is 0. The van der Waals surface area contributed by atoms with E-state index in [1.54, 1.807) is 18.2 Å². The van der Waals surface area contributed by atoms with Gasteiger partial charge in [-0.25, -0.2) is 8.42 Å². The summed E-state index contributed by atoms with van der Waals surface area (Å²) in [5, 5.41) is 7.11. The molecule has 1 spiro atoms. The number of sulfonamides is 1. The van der Waals surface area contributed by atoms with Gasteiger partial charge in [-0.1, -0.05) is 5.16 Å². The molecule has 0 saturated carbocycles. The first-order valence-electron chi connectivity index (χ1n) is 7.08. The number of nitrogens with one attached hydrogen (secondary N) is 1. The van der Waals surface area contributed by atoms with Crippen molar-refractivity contribution in [1.29, 1.82) is 0 Å². The summed E-state index contributed by atoms with van der Waals surface area (Å²) in [4.78, 5) is 0.253. The van der Waals surface area contributed by atoms with Gasteiger partial charge in [0, 0.05) is 13.1 Å². The SMILES string of the molecule is Cc1noc(C)c1S(=O)(=O)N1CCC2(CCNCC2)C1.Cl. The maximum absolute atomic E-state index is 12.8. The van der Waals surface area contributed by atoms with Crippen LogP contribution in [0.5, 0.6) is 0 Å². The summed E-state index contributed by atoms with van der Waals surface area (Å²) < 4.78 is 32.2. The molecule has 8 heteroatoms. The van der Waals surface area contributed by atoms with E-state index in [0.717, 1.165) is 32.4 Å². The molecule has 2 aliphatic rings. The Labute approximate surface area is 131 Å². The van der Waals surface area contributed by atoms with Crippen LogP contribution in [0.3, 0.4) is 0 Å². The van der Waals surface area contributed by atoms with Crippen LogP contribution in [0, 0.1) is 19.3 Å². The summed E-state index contributed by atoms with van der Waals surface area (Å²) in [6.07, 6.45) is 3.07. The van der Waals surface area contributed by atoms with Crippen LogP contribution < -0.4 is 5.32 Å². The van der Waals surface area contributed by atoms with Gasteiger partial charge >= 0.3 is 0 Å². The van der Waals surface area contributed by atoms with Crippen molar-refractivity contribution in [2.75, 3.05) is 26.2 Å². The maximum Gasteiger partial charge on any atom is 0.248 e. The lowest BCUT2D eigenvalue weighted by Crippen LogP contribution is -2.39. The van der Waals surface area contributed by atoms with Crippen molar-refractivity contribution in [2.24, 2.45) is 5.41 Å². The normalized spacial score (nSPS) is 22.4. The first-order chi connectivity index (χ1) is 9.45. The molecular weight excluding hydrogens is 314 g/mol. The van der Waals surface area contributed by atoms with Gasteiger partial charge in [-0.2, -0.15) is 4.31 Å². The molecule has 0 aliphatic carbocycles. The molecule has 2 saturated heterocycles. The van der Waals surface area contributed by atoms with Crippen LogP contribution >= 0.6 is 12.4 Å². The number of halogens is 1. The Morgan fingerprint density at radius 3 is 2.48 bits per heavy atom. The highest BCUT2D eigenvalue weighted by atomic mass is 35.5. The van der Waals surface area contributed by atoms with Crippen LogP contribution in [0.4, 0.5) is 0 Å². The predicted molar refractivity (Wildman–Crippen MR) is 81.1 cm³/mol. The molecule has 1 aromatic rings. The van der Waals surface area contributed by atoms with Crippen LogP contribution in [-0.2, 0) is 10.0 Å². The lowest BCUT2D eigenvalue weighted by atomic mass is 9.78. The maximum atomic E-state index is 12.8. The fourth-order valence-electron chi connectivity index (χ4n) is 3.44. The third kappa shape index (κ3) is 2.84. The van der Waals surface area contributed by atoms with Crippen molar-refractivity contribution in [3.05, 3.63) is 11.5 Å². The molecule has 21 heavy (non-hydrogen) atoms. The number of aryl methyl sites for hydroxylation is 2. The smallest absolute Gasteiger partial charge is 0.248 e. The van der Waals surface area contributed by atoms with E-state index in [1.807, 2.05) is 0 Å². The van der Waals surface area contributed by atoms with E-state index in [1.165, 1.54) is 0 Å². The molecule has 0 radical (unpaired) electrons. The standard InChI is InChI=1S/C13H21N3O3S.ClH/c1-10-12(11(2)19-15-10)20(17,18)16-8-5-13(9-16)3-6-14-7-4-13;/h14H,3-9H2,1-2H3;1H. The number of piperidine rings is 1. The second kappa shape index (κ2) is 5.87. The first kappa shape index (κ1) is 16.7. The molecule has 2 aliphatic heterocycles. The Kier molecular flexibility index (Phi) is 4.68. The van der Waals surface area contributed by atoms with Crippen LogP contribution in [0.2, 0.25) is 0 Å². The van der Waals surface area contributed by atoms with Crippen LogP contribution in [0.25, 0.3) is 0 Å². The van der Waals surface area contributed by atoms with Crippen molar-refractivity contribution in [3.63, 3.8) is 0 Å². The molecule has 120 valence electrons. The Bertz CT molecular complexity index is 589. The predicted octanol–water partition coefficient (Wildman–Crippen LogP) is 1.48. The summed E-state index contributed by atoms with van der Waals surface area (Å²) in [5.74, 6) is 0.383. The lowest BCUT2D eigenvalue weighted by molar-refractivity contribution is 0.218. The number of hydrogen-bond acceptors (Lipinski definition) is 5. The first-order valence-corrected chi connectivity index (χ1v) is 8.52. The van der Waals surface area contributed by atoms with Gasteiger partial charge < -0.3 is 9.84 Å². The fourth-order valence-corrected chi connectivity index (χ4v) is 5.28. The molecule has 0 bridgehead atoms. The summed E-state index contributed by atoms with van der Waals surface area (Å²) in [5.41, 5.74) is 0.617. The van der Waals surface area contributed by atoms with Crippen molar-refractivity contribution >= 4 is 22.4 Å². The Morgan fingerprint density at radius 2 is 1.90 bits per heavy atom. The minimum absolute atomic E-state index is 0. The highest BCUT2D eigenvalue weighted by molar-refractivity contribution is 7.89. The van der Waals surface area contributed by atoms with Gasteiger partial charge in [0.2, 0.25) is 10.0 Å². The molecule has 2 fully saturated rings. The van der Waals surface area contributed by atoms with E-state index in [9.17, 15) is 8.42 Å². The summed E-state index contributed by atoms with van der Waals surface area (Å²) >= 11 is 0. The van der Waals surface area contributed by atoms with Crippen LogP contribution in [0.1, 0.15) is 30.7 Å². The summed E-state index contributed by atoms with van der Waals surface area (Å²) in [7, 11) is -3.48. The van der Waals surface area contributed by atoms with E-state index >= 15 is 0 Å². The number of hydrogen-bond donors (Lipinski definition) is 1. The Morgan fingerprint density at radius 1 is 1.24 bits per heavy atom. The molecule has 0 amide bonds. The highest BCUT2D eigenvalue weighted by Crippen LogP contribution is 2.41. The average Bonchev–Trinajstić information content (AvgIpc) is 2.96. The van der Waals surface area contributed by atoms with Gasteiger partial charge in [0.05, 0.1) is 0 Å². The molecule has 3 rings (SSSR count). The molecule has 0 unspecified atom stereocenters. The lowest BCUT2D eigenvalue weighted by Gasteiger charge is -2.33. The third-order valence-electron chi connectivity index (χ3n) is 4.63. The zero-order chi connectivity index (χ0) is 14.4. The van der Waals surface area contributed by atoms with E-state index in [0.29, 0.717) is 24.5 Å². The van der Waals surface area contributed by atoms with E-state index < -0.39 is 10.0 Å². The van der Waals surface area contributed by atoms with Gasteiger partial charge in [0.25, 0.3) is 0 Å². The minimum Gasteiger partial charge on any atom is -0.360 e. The number of nitrogens with zero attached hydrogens (tertiary/aromatic N) is 2. The minimum atomic E-state index is -3.48. The zero-order valence-electron chi connectivity index (χ0n) is 12.4. The van der Waals surface area contributed by atoms with Gasteiger partial charge in [0.1, 0.15) is 10.6 Å². The molecule has 0 atom stereocenters. The molecular formula is C13H22ClN3O3S. The summed E-state index contributed by atoms with van der Waals surface area (Å²) in [6.45, 7) is 6.54. The number of aromatic nitrogens is 1. The van der Waals surface area contributed by atoms with Crippen LogP contribution in [-0.4, -0.2) is 44.1 Å². The Balaban J connectivity index is 0.00000161. The van der Waals surface area contributed by atoms with Gasteiger partial charge in [-0.15, -0.1) is 12.4 Å². The Hall–Kier alpha value is -0.630. The molecule has 1 aromatic heterocycles. The van der Waals surface area contributed by atoms with Crippen molar-refractivity contribution in [2.45, 2.75) is 38.0 Å². The quantitative estimate of drug-likeness (QED) is 0.886. The van der Waals surface area contributed by atoms with E-state index in [-0.39, 0.29) is 22.7 Å².